The standard InChI is InChI=1S/C21H17Cl2NO3/c1-26-20-10-9-16(22)12-19(20)24-21(25)14-6-4-7-17(11-14)27-13-15-5-2-3-8-18(15)23/h2-12H,13H2,1H3,(H,24,25). The minimum atomic E-state index is -0.293. The summed E-state index contributed by atoms with van der Waals surface area (Å²) in [6, 6.07) is 19.4. The molecule has 27 heavy (non-hydrogen) atoms. The fraction of sp³-hybridized carbons (Fsp3) is 0.0952. The van der Waals surface area contributed by atoms with Crippen LogP contribution < -0.4 is 14.8 Å². The van der Waals surface area contributed by atoms with Gasteiger partial charge in [-0.2, -0.15) is 0 Å². The molecule has 0 heterocycles. The average Bonchev–Trinajstić information content (AvgIpc) is 2.68. The van der Waals surface area contributed by atoms with Gasteiger partial charge < -0.3 is 14.8 Å². The molecular formula is C21H17Cl2NO3. The summed E-state index contributed by atoms with van der Waals surface area (Å²) >= 11 is 12.1. The van der Waals surface area contributed by atoms with E-state index in [0.717, 1.165) is 5.56 Å². The number of rotatable bonds is 6. The molecule has 0 aliphatic heterocycles. The fourth-order valence-corrected chi connectivity index (χ4v) is 2.84. The maximum absolute atomic E-state index is 12.6. The molecule has 6 heteroatoms. The molecule has 1 N–H and O–H groups in total. The van der Waals surface area contributed by atoms with E-state index in [-0.39, 0.29) is 5.91 Å². The van der Waals surface area contributed by atoms with Gasteiger partial charge in [-0.1, -0.05) is 47.5 Å². The van der Waals surface area contributed by atoms with Gasteiger partial charge in [0.1, 0.15) is 18.1 Å². The first-order valence-electron chi connectivity index (χ1n) is 8.18. The lowest BCUT2D eigenvalue weighted by atomic mass is 10.2. The highest BCUT2D eigenvalue weighted by Crippen LogP contribution is 2.28. The zero-order chi connectivity index (χ0) is 19.2. The van der Waals surface area contributed by atoms with Crippen molar-refractivity contribution < 1.29 is 14.3 Å². The van der Waals surface area contributed by atoms with Gasteiger partial charge in [-0.25, -0.2) is 0 Å². The Hall–Kier alpha value is -2.69. The van der Waals surface area contributed by atoms with Gasteiger partial charge in [0.2, 0.25) is 0 Å². The van der Waals surface area contributed by atoms with Crippen molar-refractivity contribution in [2.75, 3.05) is 12.4 Å². The van der Waals surface area contributed by atoms with Crippen LogP contribution in [0.1, 0.15) is 15.9 Å². The van der Waals surface area contributed by atoms with Gasteiger partial charge in [-0.3, -0.25) is 4.79 Å². The molecule has 0 aliphatic rings. The molecule has 0 saturated heterocycles. The molecule has 138 valence electrons. The number of benzene rings is 3. The Kier molecular flexibility index (Phi) is 6.22. The van der Waals surface area contributed by atoms with Crippen molar-refractivity contribution in [3.8, 4) is 11.5 Å². The molecule has 0 aliphatic carbocycles. The maximum atomic E-state index is 12.6. The Morgan fingerprint density at radius 3 is 2.59 bits per heavy atom. The van der Waals surface area contributed by atoms with E-state index in [1.165, 1.54) is 7.11 Å². The highest BCUT2D eigenvalue weighted by Gasteiger charge is 2.11. The van der Waals surface area contributed by atoms with Crippen molar-refractivity contribution in [2.45, 2.75) is 6.61 Å². The molecule has 0 fully saturated rings. The van der Waals surface area contributed by atoms with E-state index in [4.69, 9.17) is 32.7 Å². The van der Waals surface area contributed by atoms with E-state index < -0.39 is 0 Å². The van der Waals surface area contributed by atoms with Gasteiger partial charge in [0.05, 0.1) is 12.8 Å². The van der Waals surface area contributed by atoms with E-state index in [1.54, 1.807) is 42.5 Å². The summed E-state index contributed by atoms with van der Waals surface area (Å²) in [5, 5.41) is 3.94. The summed E-state index contributed by atoms with van der Waals surface area (Å²) in [4.78, 5) is 12.6. The predicted molar refractivity (Wildman–Crippen MR) is 108 cm³/mol. The Labute approximate surface area is 167 Å². The van der Waals surface area contributed by atoms with Crippen molar-refractivity contribution >= 4 is 34.8 Å². The smallest absolute Gasteiger partial charge is 0.255 e. The van der Waals surface area contributed by atoms with Gasteiger partial charge in [0, 0.05) is 21.2 Å². The monoisotopic (exact) mass is 401 g/mol. The summed E-state index contributed by atoms with van der Waals surface area (Å²) in [6.07, 6.45) is 0. The second-order valence-corrected chi connectivity index (χ2v) is 6.55. The molecule has 1 amide bonds. The second-order valence-electron chi connectivity index (χ2n) is 5.71. The molecule has 0 aromatic heterocycles. The molecule has 3 rings (SSSR count). The van der Waals surface area contributed by atoms with Gasteiger partial charge in [0.15, 0.2) is 0 Å². The summed E-state index contributed by atoms with van der Waals surface area (Å²) in [5.74, 6) is 0.804. The minimum absolute atomic E-state index is 0.293. The van der Waals surface area contributed by atoms with Gasteiger partial charge in [-0.05, 0) is 42.5 Å². The summed E-state index contributed by atoms with van der Waals surface area (Å²) in [5.41, 5.74) is 1.82. The third-order valence-corrected chi connectivity index (χ3v) is 4.46. The van der Waals surface area contributed by atoms with Crippen LogP contribution in [0.25, 0.3) is 0 Å². The molecule has 0 bridgehead atoms. The van der Waals surface area contributed by atoms with E-state index in [9.17, 15) is 4.79 Å². The number of hydrogen-bond donors (Lipinski definition) is 1. The number of carbonyl (C=O) groups is 1. The molecular weight excluding hydrogens is 385 g/mol. The van der Waals surface area contributed by atoms with Crippen LogP contribution in [0.5, 0.6) is 11.5 Å². The third kappa shape index (κ3) is 4.94. The van der Waals surface area contributed by atoms with E-state index in [0.29, 0.717) is 39.4 Å². The highest BCUT2D eigenvalue weighted by molar-refractivity contribution is 6.31. The molecule has 3 aromatic carbocycles. The Morgan fingerprint density at radius 1 is 1.00 bits per heavy atom. The van der Waals surface area contributed by atoms with Crippen molar-refractivity contribution in [3.05, 3.63) is 87.9 Å². The quantitative estimate of drug-likeness (QED) is 0.564. The third-order valence-electron chi connectivity index (χ3n) is 3.86. The molecule has 0 unspecified atom stereocenters. The molecule has 0 atom stereocenters. The second kappa shape index (κ2) is 8.80. The first kappa shape index (κ1) is 19.1. The van der Waals surface area contributed by atoms with Crippen LogP contribution in [0.2, 0.25) is 10.0 Å². The number of anilines is 1. The zero-order valence-electron chi connectivity index (χ0n) is 14.5. The number of halogens is 2. The summed E-state index contributed by atoms with van der Waals surface area (Å²) in [7, 11) is 1.53. The van der Waals surface area contributed by atoms with Crippen LogP contribution in [-0.2, 0) is 6.61 Å². The lowest BCUT2D eigenvalue weighted by Crippen LogP contribution is -2.12. The predicted octanol–water partition coefficient (Wildman–Crippen LogP) is 5.83. The minimum Gasteiger partial charge on any atom is -0.495 e. The van der Waals surface area contributed by atoms with Crippen LogP contribution in [-0.4, -0.2) is 13.0 Å². The van der Waals surface area contributed by atoms with E-state index in [2.05, 4.69) is 5.32 Å². The van der Waals surface area contributed by atoms with Crippen molar-refractivity contribution in [1.82, 2.24) is 0 Å². The summed E-state index contributed by atoms with van der Waals surface area (Å²) in [6.45, 7) is 0.312. The number of hydrogen-bond acceptors (Lipinski definition) is 3. The Morgan fingerprint density at radius 2 is 1.81 bits per heavy atom. The number of methoxy groups -OCH3 is 1. The average molecular weight is 402 g/mol. The van der Waals surface area contributed by atoms with Gasteiger partial charge in [-0.15, -0.1) is 0 Å². The summed E-state index contributed by atoms with van der Waals surface area (Å²) < 4.78 is 11.0. The van der Waals surface area contributed by atoms with Crippen LogP contribution >= 0.6 is 23.2 Å². The van der Waals surface area contributed by atoms with Crippen LogP contribution in [0, 0.1) is 0 Å². The number of carbonyl (C=O) groups excluding carboxylic acids is 1. The first-order chi connectivity index (χ1) is 13.1. The van der Waals surface area contributed by atoms with E-state index in [1.807, 2.05) is 24.3 Å². The lowest BCUT2D eigenvalue weighted by Gasteiger charge is -2.12. The number of nitrogens with one attached hydrogen (secondary N) is 1. The zero-order valence-corrected chi connectivity index (χ0v) is 16.1. The molecule has 0 saturated carbocycles. The van der Waals surface area contributed by atoms with Gasteiger partial charge in [0.25, 0.3) is 5.91 Å². The first-order valence-corrected chi connectivity index (χ1v) is 8.93. The van der Waals surface area contributed by atoms with Crippen molar-refractivity contribution in [1.29, 1.82) is 0 Å². The largest absolute Gasteiger partial charge is 0.495 e. The molecule has 0 radical (unpaired) electrons. The topological polar surface area (TPSA) is 47.6 Å². The Bertz CT molecular complexity index is 960. The Balaban J connectivity index is 1.72. The van der Waals surface area contributed by atoms with Crippen LogP contribution in [0.4, 0.5) is 5.69 Å². The van der Waals surface area contributed by atoms with Crippen molar-refractivity contribution in [2.24, 2.45) is 0 Å². The molecule has 0 spiro atoms. The fourth-order valence-electron chi connectivity index (χ4n) is 2.48. The lowest BCUT2D eigenvalue weighted by molar-refractivity contribution is 0.102. The van der Waals surface area contributed by atoms with E-state index >= 15 is 0 Å². The molecule has 3 aromatic rings. The normalized spacial score (nSPS) is 10.3. The number of amides is 1. The molecule has 4 nitrogen and oxygen atoms in total. The highest BCUT2D eigenvalue weighted by atomic mass is 35.5. The van der Waals surface area contributed by atoms with Crippen LogP contribution in [0.3, 0.4) is 0 Å². The van der Waals surface area contributed by atoms with Gasteiger partial charge >= 0.3 is 0 Å². The van der Waals surface area contributed by atoms with Crippen molar-refractivity contribution in [3.63, 3.8) is 0 Å². The SMILES string of the molecule is COc1ccc(Cl)cc1NC(=O)c1cccc(OCc2ccccc2Cl)c1. The number of ether oxygens (including phenoxy) is 2. The van der Waals surface area contributed by atoms with Crippen LogP contribution in [0.15, 0.2) is 66.7 Å². The maximum Gasteiger partial charge on any atom is 0.255 e.